The van der Waals surface area contributed by atoms with Crippen molar-refractivity contribution in [1.82, 2.24) is 0 Å². The lowest BCUT2D eigenvalue weighted by Crippen LogP contribution is -2.21. The van der Waals surface area contributed by atoms with E-state index in [0.29, 0.717) is 28.1 Å². The number of amides is 1. The number of nitrogens with zero attached hydrogens (tertiary/aromatic N) is 1. The van der Waals surface area contributed by atoms with Crippen LogP contribution in [0.4, 0.5) is 10.1 Å². The molecule has 0 radical (unpaired) electrons. The molecule has 5 heteroatoms. The van der Waals surface area contributed by atoms with E-state index >= 15 is 0 Å². The van der Waals surface area contributed by atoms with Crippen LogP contribution in [0.1, 0.15) is 30.5 Å². The van der Waals surface area contributed by atoms with Crippen molar-refractivity contribution in [2.45, 2.75) is 19.4 Å². The maximum atomic E-state index is 13.4. The van der Waals surface area contributed by atoms with Gasteiger partial charge >= 0.3 is 0 Å². The van der Waals surface area contributed by atoms with E-state index < -0.39 is 11.4 Å². The molecule has 0 saturated heterocycles. The molecule has 4 rings (SSSR count). The highest BCUT2D eigenvalue weighted by Gasteiger charge is 2.37. The molecule has 2 heterocycles. The third-order valence-electron chi connectivity index (χ3n) is 4.59. The predicted octanol–water partition coefficient (Wildman–Crippen LogP) is 4.25. The second-order valence-corrected chi connectivity index (χ2v) is 6.74. The number of benzene rings is 2. The van der Waals surface area contributed by atoms with Crippen LogP contribution in [0.25, 0.3) is 11.1 Å². The number of nitriles is 1. The summed E-state index contributed by atoms with van der Waals surface area (Å²) in [5.41, 5.74) is 3.24. The van der Waals surface area contributed by atoms with Crippen molar-refractivity contribution in [2.24, 2.45) is 0 Å². The van der Waals surface area contributed by atoms with Gasteiger partial charge in [0, 0.05) is 11.1 Å². The molecule has 0 aliphatic carbocycles. The van der Waals surface area contributed by atoms with Crippen LogP contribution in [-0.2, 0) is 9.53 Å². The Morgan fingerprint density at radius 2 is 1.88 bits per heavy atom. The van der Waals surface area contributed by atoms with Gasteiger partial charge in [0.25, 0.3) is 5.91 Å². The van der Waals surface area contributed by atoms with Gasteiger partial charge in [0.15, 0.2) is 0 Å². The van der Waals surface area contributed by atoms with Crippen molar-refractivity contribution in [2.75, 3.05) is 5.32 Å². The Balaban J connectivity index is 1.84. The number of carbonyl (C=O) groups excluding carboxylic acids is 1. The first kappa shape index (κ1) is 16.1. The summed E-state index contributed by atoms with van der Waals surface area (Å²) in [5.74, 6) is -0.261. The molecule has 4 nitrogen and oxygen atoms in total. The SMILES string of the molecule is CC1(C)O/C(=C2/C(=O)Nc3cc(F)ccc32)C=C1c1ccc(C#N)cc1. The minimum absolute atomic E-state index is 0.311. The molecule has 0 atom stereocenters. The molecule has 1 amide bonds. The van der Waals surface area contributed by atoms with Gasteiger partial charge in [-0.25, -0.2) is 4.39 Å². The van der Waals surface area contributed by atoms with E-state index in [1.54, 1.807) is 18.2 Å². The molecule has 1 N–H and O–H groups in total. The number of halogens is 1. The number of hydrogen-bond donors (Lipinski definition) is 1. The molecule has 0 bridgehead atoms. The summed E-state index contributed by atoms with van der Waals surface area (Å²) in [5, 5.41) is 11.6. The highest BCUT2D eigenvalue weighted by atomic mass is 19.1. The third kappa shape index (κ3) is 2.47. The van der Waals surface area contributed by atoms with Crippen molar-refractivity contribution in [3.05, 3.63) is 76.8 Å². The number of rotatable bonds is 1. The maximum Gasteiger partial charge on any atom is 0.260 e. The first-order chi connectivity index (χ1) is 12.4. The molecule has 0 aromatic heterocycles. The quantitative estimate of drug-likeness (QED) is 0.785. The first-order valence-corrected chi connectivity index (χ1v) is 8.16. The number of fused-ring (bicyclic) bond motifs is 1. The summed E-state index contributed by atoms with van der Waals surface area (Å²) in [6.07, 6.45) is 1.84. The summed E-state index contributed by atoms with van der Waals surface area (Å²) in [6, 6.07) is 13.5. The third-order valence-corrected chi connectivity index (χ3v) is 4.59. The average Bonchev–Trinajstić information content (AvgIpc) is 3.09. The molecule has 128 valence electrons. The zero-order chi connectivity index (χ0) is 18.5. The summed E-state index contributed by atoms with van der Waals surface area (Å²) < 4.78 is 19.5. The van der Waals surface area contributed by atoms with Crippen molar-refractivity contribution in [1.29, 1.82) is 5.26 Å². The molecule has 0 fully saturated rings. The Bertz CT molecular complexity index is 1040. The second kappa shape index (κ2) is 5.57. The minimum atomic E-state index is -0.639. The fourth-order valence-electron chi connectivity index (χ4n) is 3.33. The van der Waals surface area contributed by atoms with Crippen molar-refractivity contribution in [3.63, 3.8) is 0 Å². The van der Waals surface area contributed by atoms with Gasteiger partial charge in [-0.1, -0.05) is 12.1 Å². The molecular weight excluding hydrogens is 331 g/mol. The van der Waals surface area contributed by atoms with Crippen LogP contribution >= 0.6 is 0 Å². The van der Waals surface area contributed by atoms with Crippen LogP contribution in [-0.4, -0.2) is 11.5 Å². The summed E-state index contributed by atoms with van der Waals surface area (Å²) in [6.45, 7) is 3.84. The van der Waals surface area contributed by atoms with Gasteiger partial charge in [-0.3, -0.25) is 4.79 Å². The standard InChI is InChI=1S/C21H15FN2O2/c1-21(2)16(13-5-3-12(11-23)4-6-13)10-18(26-21)19-15-8-7-14(22)9-17(15)24-20(19)25/h3-10H,1-2H3,(H,24,25)/b19-18+. The zero-order valence-electron chi connectivity index (χ0n) is 14.3. The van der Waals surface area contributed by atoms with E-state index in [-0.39, 0.29) is 5.91 Å². The lowest BCUT2D eigenvalue weighted by atomic mass is 9.92. The van der Waals surface area contributed by atoms with Crippen molar-refractivity contribution in [3.8, 4) is 6.07 Å². The molecule has 26 heavy (non-hydrogen) atoms. The predicted molar refractivity (Wildman–Crippen MR) is 96.2 cm³/mol. The Kier molecular flexibility index (Phi) is 3.45. The normalized spacial score (nSPS) is 20.1. The number of carbonyl (C=O) groups is 1. The number of hydrogen-bond acceptors (Lipinski definition) is 3. The summed E-state index contributed by atoms with van der Waals surface area (Å²) in [7, 11) is 0. The van der Waals surface area contributed by atoms with E-state index in [2.05, 4.69) is 11.4 Å². The van der Waals surface area contributed by atoms with Crippen LogP contribution in [0.2, 0.25) is 0 Å². The highest BCUT2D eigenvalue weighted by Crippen LogP contribution is 2.44. The average molecular weight is 346 g/mol. The number of ether oxygens (including phenoxy) is 1. The van der Waals surface area contributed by atoms with Crippen LogP contribution in [0.15, 0.2) is 54.3 Å². The molecule has 2 aliphatic rings. The van der Waals surface area contributed by atoms with Crippen LogP contribution in [0, 0.1) is 17.1 Å². The number of nitrogens with one attached hydrogen (secondary N) is 1. The van der Waals surface area contributed by atoms with Gasteiger partial charge in [-0.05, 0) is 55.8 Å². The smallest absolute Gasteiger partial charge is 0.260 e. The van der Waals surface area contributed by atoms with E-state index in [1.807, 2.05) is 32.1 Å². The molecule has 0 saturated carbocycles. The number of allylic oxidation sites excluding steroid dienone is 1. The molecular formula is C21H15FN2O2. The van der Waals surface area contributed by atoms with E-state index in [0.717, 1.165) is 11.1 Å². The van der Waals surface area contributed by atoms with E-state index in [9.17, 15) is 9.18 Å². The minimum Gasteiger partial charge on any atom is -0.482 e. The van der Waals surface area contributed by atoms with Crippen LogP contribution in [0.3, 0.4) is 0 Å². The first-order valence-electron chi connectivity index (χ1n) is 8.16. The topological polar surface area (TPSA) is 62.1 Å². The van der Waals surface area contributed by atoms with E-state index in [4.69, 9.17) is 10.00 Å². The fourth-order valence-corrected chi connectivity index (χ4v) is 3.33. The van der Waals surface area contributed by atoms with Crippen molar-refractivity contribution >= 4 is 22.7 Å². The summed E-state index contributed by atoms with van der Waals surface area (Å²) in [4.78, 5) is 12.4. The summed E-state index contributed by atoms with van der Waals surface area (Å²) >= 11 is 0. The number of anilines is 1. The largest absolute Gasteiger partial charge is 0.482 e. The monoisotopic (exact) mass is 346 g/mol. The molecule has 2 aliphatic heterocycles. The van der Waals surface area contributed by atoms with Gasteiger partial charge in [0.2, 0.25) is 0 Å². The van der Waals surface area contributed by atoms with Gasteiger partial charge in [0.1, 0.15) is 17.2 Å². The lowest BCUT2D eigenvalue weighted by molar-refractivity contribution is -0.111. The van der Waals surface area contributed by atoms with Crippen molar-refractivity contribution < 1.29 is 13.9 Å². The molecule has 0 spiro atoms. The second-order valence-electron chi connectivity index (χ2n) is 6.74. The maximum absolute atomic E-state index is 13.4. The van der Waals surface area contributed by atoms with Crippen LogP contribution in [0.5, 0.6) is 0 Å². The van der Waals surface area contributed by atoms with E-state index in [1.165, 1.54) is 12.1 Å². The fraction of sp³-hybridized carbons (Fsp3) is 0.143. The Morgan fingerprint density at radius 1 is 1.15 bits per heavy atom. The molecule has 2 aromatic rings. The Morgan fingerprint density at radius 3 is 2.58 bits per heavy atom. The van der Waals surface area contributed by atoms with Crippen LogP contribution < -0.4 is 5.32 Å². The molecule has 2 aromatic carbocycles. The Hall–Kier alpha value is -3.39. The highest BCUT2D eigenvalue weighted by molar-refractivity contribution is 6.32. The lowest BCUT2D eigenvalue weighted by Gasteiger charge is -2.23. The zero-order valence-corrected chi connectivity index (χ0v) is 14.3. The molecule has 0 unspecified atom stereocenters. The van der Waals surface area contributed by atoms with Gasteiger partial charge in [-0.2, -0.15) is 5.26 Å². The van der Waals surface area contributed by atoms with Gasteiger partial charge in [0.05, 0.1) is 22.9 Å². The van der Waals surface area contributed by atoms with Gasteiger partial charge < -0.3 is 10.1 Å². The Labute approximate surface area is 150 Å². The van der Waals surface area contributed by atoms with Gasteiger partial charge in [-0.15, -0.1) is 0 Å².